The van der Waals surface area contributed by atoms with E-state index < -0.39 is 11.7 Å². The number of esters is 1. The lowest BCUT2D eigenvalue weighted by molar-refractivity contribution is -0.137. The number of fused-ring (bicyclic) bond motifs is 1. The quantitative estimate of drug-likeness (QED) is 0.159. The highest BCUT2D eigenvalue weighted by Gasteiger charge is 2.22. The molecule has 3 rings (SSSR count). The number of nitrogens with zero attached hydrogens (tertiary/aromatic N) is 4. The number of guanidine groups is 1. The molecular weight excluding hydrogens is 448 g/mol. The van der Waals surface area contributed by atoms with Crippen molar-refractivity contribution in [1.82, 2.24) is 9.97 Å². The second-order valence-corrected chi connectivity index (χ2v) is 6.77. The number of aliphatic hydroxyl groups excluding tert-OH is 1. The molecule has 0 unspecified atom stereocenters. The Labute approximate surface area is 204 Å². The summed E-state index contributed by atoms with van der Waals surface area (Å²) in [7, 11) is 1.58. The molecule has 0 amide bonds. The van der Waals surface area contributed by atoms with E-state index in [1.54, 1.807) is 63.4 Å². The van der Waals surface area contributed by atoms with Gasteiger partial charge in [0.1, 0.15) is 22.9 Å². The van der Waals surface area contributed by atoms with E-state index in [0.717, 1.165) is 5.39 Å². The van der Waals surface area contributed by atoms with Gasteiger partial charge in [-0.05, 0) is 32.0 Å². The monoisotopic (exact) mass is 478 g/mol. The number of benzene rings is 2. The van der Waals surface area contributed by atoms with Gasteiger partial charge in [0, 0.05) is 10.9 Å². The summed E-state index contributed by atoms with van der Waals surface area (Å²) in [6, 6.07) is 13.8. The number of nitrogens with two attached hydrogens (primary N) is 2. The van der Waals surface area contributed by atoms with Crippen molar-refractivity contribution in [2.75, 3.05) is 13.7 Å². The highest BCUT2D eigenvalue weighted by Crippen LogP contribution is 2.23. The number of aryl methyl sites for hydroxylation is 1. The fourth-order valence-corrected chi connectivity index (χ4v) is 3.00. The lowest BCUT2D eigenvalue weighted by Gasteiger charge is -2.10. The Balaban J connectivity index is 0.00000210. The molecule has 0 aliphatic rings. The molecular formula is C25H30N6O4. The van der Waals surface area contributed by atoms with Gasteiger partial charge < -0.3 is 26.0 Å². The summed E-state index contributed by atoms with van der Waals surface area (Å²) in [5, 5.41) is 11.5. The molecule has 0 radical (unpaired) electrons. The van der Waals surface area contributed by atoms with E-state index >= 15 is 0 Å². The number of carbonyl (C=O) groups excluding carboxylic acids is 1. The highest BCUT2D eigenvalue weighted by atomic mass is 16.5. The first-order chi connectivity index (χ1) is 16.8. The van der Waals surface area contributed by atoms with Gasteiger partial charge in [-0.25, -0.2) is 14.8 Å². The molecule has 3 aromatic rings. The number of aliphatic imine (C=N–C) groups is 2. The van der Waals surface area contributed by atoms with Gasteiger partial charge in [0.2, 0.25) is 5.96 Å². The Morgan fingerprint density at radius 1 is 1.09 bits per heavy atom. The number of methoxy groups -OCH3 is 1. The van der Waals surface area contributed by atoms with Crippen LogP contribution >= 0.6 is 0 Å². The number of hydrogen-bond donors (Lipinski definition) is 3. The summed E-state index contributed by atoms with van der Waals surface area (Å²) in [6.07, 6.45) is 0. The number of aromatic nitrogens is 2. The van der Waals surface area contributed by atoms with E-state index in [4.69, 9.17) is 20.9 Å². The van der Waals surface area contributed by atoms with Crippen molar-refractivity contribution < 1.29 is 19.4 Å². The van der Waals surface area contributed by atoms with Gasteiger partial charge >= 0.3 is 5.97 Å². The van der Waals surface area contributed by atoms with Crippen LogP contribution in [0.25, 0.3) is 16.7 Å². The Bertz CT molecular complexity index is 1270. The maximum absolute atomic E-state index is 12.5. The summed E-state index contributed by atoms with van der Waals surface area (Å²) in [6.45, 7) is 7.51. The summed E-state index contributed by atoms with van der Waals surface area (Å²) in [5.74, 6) is -1.16. The van der Waals surface area contributed by atoms with Crippen LogP contribution in [0.3, 0.4) is 0 Å². The third-order valence-electron chi connectivity index (χ3n) is 4.55. The van der Waals surface area contributed by atoms with Crippen molar-refractivity contribution in [3.8, 4) is 5.75 Å². The van der Waals surface area contributed by atoms with Crippen LogP contribution in [0.4, 0.5) is 5.95 Å². The molecule has 0 aliphatic carbocycles. The standard InChI is InChI=1S/C23H24N6O4.C2H6/c1-4-33-21(31)18(19(30)14-8-6-5-7-9-14)20(24)28-22(25)29-23-26-13(2)16-12-15(32-3)10-11-17(16)27-23;1-2/h5-12,30H,4H2,1-3H3,(H4,24,25,26,27,28,29);1-2H3. The first-order valence-electron chi connectivity index (χ1n) is 11.0. The highest BCUT2D eigenvalue weighted by molar-refractivity contribution is 6.24. The van der Waals surface area contributed by atoms with Gasteiger partial charge in [0.25, 0.3) is 5.95 Å². The van der Waals surface area contributed by atoms with Crippen LogP contribution in [0.1, 0.15) is 32.0 Å². The molecule has 10 heteroatoms. The molecule has 5 N–H and O–H groups in total. The molecule has 10 nitrogen and oxygen atoms in total. The average Bonchev–Trinajstić information content (AvgIpc) is 2.85. The van der Waals surface area contributed by atoms with Crippen molar-refractivity contribution in [2.24, 2.45) is 21.5 Å². The van der Waals surface area contributed by atoms with Gasteiger partial charge in [-0.1, -0.05) is 44.2 Å². The van der Waals surface area contributed by atoms with Crippen LogP contribution in [0.15, 0.2) is 64.1 Å². The molecule has 0 fully saturated rings. The molecule has 2 aromatic carbocycles. The van der Waals surface area contributed by atoms with Gasteiger partial charge in [-0.2, -0.15) is 9.98 Å². The van der Waals surface area contributed by atoms with Crippen molar-refractivity contribution in [3.05, 3.63) is 65.4 Å². The molecule has 0 saturated carbocycles. The van der Waals surface area contributed by atoms with Gasteiger partial charge in [-0.15, -0.1) is 0 Å². The zero-order valence-electron chi connectivity index (χ0n) is 20.4. The van der Waals surface area contributed by atoms with Crippen LogP contribution in [0.5, 0.6) is 5.75 Å². The average molecular weight is 479 g/mol. The Hall–Kier alpha value is -4.47. The summed E-state index contributed by atoms with van der Waals surface area (Å²) in [4.78, 5) is 29.2. The Kier molecular flexibility index (Phi) is 9.71. The zero-order valence-corrected chi connectivity index (χ0v) is 20.4. The Morgan fingerprint density at radius 3 is 2.40 bits per heavy atom. The summed E-state index contributed by atoms with van der Waals surface area (Å²) in [5.41, 5.74) is 13.3. The largest absolute Gasteiger partial charge is 0.506 e. The van der Waals surface area contributed by atoms with E-state index in [-0.39, 0.29) is 29.9 Å². The second kappa shape index (κ2) is 12.7. The predicted molar refractivity (Wildman–Crippen MR) is 138 cm³/mol. The first-order valence-corrected chi connectivity index (χ1v) is 11.0. The van der Waals surface area contributed by atoms with Crippen molar-refractivity contribution in [2.45, 2.75) is 27.7 Å². The summed E-state index contributed by atoms with van der Waals surface area (Å²) < 4.78 is 10.2. The van der Waals surface area contributed by atoms with E-state index in [1.807, 2.05) is 19.9 Å². The van der Waals surface area contributed by atoms with Gasteiger partial charge in [0.15, 0.2) is 0 Å². The van der Waals surface area contributed by atoms with Crippen LogP contribution in [-0.2, 0) is 9.53 Å². The topological polar surface area (TPSA) is 158 Å². The minimum atomic E-state index is -0.848. The maximum atomic E-state index is 12.5. The Morgan fingerprint density at radius 2 is 1.77 bits per heavy atom. The van der Waals surface area contributed by atoms with Crippen molar-refractivity contribution >= 4 is 40.4 Å². The lowest BCUT2D eigenvalue weighted by atomic mass is 10.1. The molecule has 35 heavy (non-hydrogen) atoms. The number of ether oxygens (including phenoxy) is 2. The third-order valence-corrected chi connectivity index (χ3v) is 4.55. The number of carbonyl (C=O) groups is 1. The van der Waals surface area contributed by atoms with Gasteiger partial charge in [-0.3, -0.25) is 0 Å². The van der Waals surface area contributed by atoms with Crippen molar-refractivity contribution in [3.63, 3.8) is 0 Å². The van der Waals surface area contributed by atoms with Crippen molar-refractivity contribution in [1.29, 1.82) is 0 Å². The molecule has 1 heterocycles. The number of amidine groups is 1. The fourth-order valence-electron chi connectivity index (χ4n) is 3.00. The van der Waals surface area contributed by atoms with Crippen LogP contribution in [-0.4, -0.2) is 46.6 Å². The normalized spacial score (nSPS) is 12.4. The maximum Gasteiger partial charge on any atom is 0.345 e. The second-order valence-electron chi connectivity index (χ2n) is 6.77. The van der Waals surface area contributed by atoms with Gasteiger partial charge in [0.05, 0.1) is 24.9 Å². The lowest BCUT2D eigenvalue weighted by Crippen LogP contribution is -2.27. The van der Waals surface area contributed by atoms with E-state index in [1.165, 1.54) is 0 Å². The molecule has 0 saturated heterocycles. The van der Waals surface area contributed by atoms with E-state index in [2.05, 4.69) is 20.0 Å². The van der Waals surface area contributed by atoms with E-state index in [9.17, 15) is 9.90 Å². The molecule has 0 bridgehead atoms. The fraction of sp³-hybridized carbons (Fsp3) is 0.240. The molecule has 0 spiro atoms. The number of aliphatic hydroxyl groups is 1. The van der Waals surface area contributed by atoms with Crippen LogP contribution < -0.4 is 16.2 Å². The first kappa shape index (κ1) is 26.8. The molecule has 1 aromatic heterocycles. The smallest absolute Gasteiger partial charge is 0.345 e. The van der Waals surface area contributed by atoms with E-state index in [0.29, 0.717) is 22.5 Å². The SMILES string of the molecule is CC.CCOC(=O)C(C(N)=NC(N)=Nc1nc(C)c2cc(OC)ccc2n1)=C(O)c1ccccc1. The predicted octanol–water partition coefficient (Wildman–Crippen LogP) is 3.81. The summed E-state index contributed by atoms with van der Waals surface area (Å²) >= 11 is 0. The minimum absolute atomic E-state index is 0.0631. The third kappa shape index (κ3) is 6.76. The van der Waals surface area contributed by atoms with Crippen LogP contribution in [0, 0.1) is 6.92 Å². The minimum Gasteiger partial charge on any atom is -0.506 e. The van der Waals surface area contributed by atoms with Crippen LogP contribution in [0.2, 0.25) is 0 Å². The zero-order chi connectivity index (χ0) is 26.0. The molecule has 184 valence electrons. The molecule has 0 aliphatic heterocycles. The number of rotatable bonds is 6. The number of hydrogen-bond acceptors (Lipinski definition) is 7. The molecule has 0 atom stereocenters.